The van der Waals surface area contributed by atoms with E-state index < -0.39 is 41.8 Å². The fourth-order valence-corrected chi connectivity index (χ4v) is 7.66. The van der Waals surface area contributed by atoms with Gasteiger partial charge in [0.05, 0.1) is 12.1 Å². The summed E-state index contributed by atoms with van der Waals surface area (Å²) in [4.78, 5) is 84.3. The maximum Gasteiger partial charge on any atom is 0.317 e. The van der Waals surface area contributed by atoms with Crippen LogP contribution in [0.2, 0.25) is 0 Å². The first-order valence-electron chi connectivity index (χ1n) is 18.8. The van der Waals surface area contributed by atoms with Gasteiger partial charge in [-0.25, -0.2) is 9.59 Å². The molecule has 5 N–H and O–H groups in total. The topological polar surface area (TPSA) is 169 Å². The van der Waals surface area contributed by atoms with Gasteiger partial charge in [0, 0.05) is 32.7 Å². The Kier molecular flexibility index (Phi) is 13.7. The van der Waals surface area contributed by atoms with Crippen molar-refractivity contribution in [2.45, 2.75) is 123 Å². The van der Waals surface area contributed by atoms with Crippen LogP contribution in [0.4, 0.5) is 9.59 Å². The van der Waals surface area contributed by atoms with Gasteiger partial charge in [-0.1, -0.05) is 72.8 Å². The molecule has 2 unspecified atom stereocenters. The van der Waals surface area contributed by atoms with Crippen molar-refractivity contribution in [1.29, 1.82) is 0 Å². The van der Waals surface area contributed by atoms with Gasteiger partial charge in [0.15, 0.2) is 0 Å². The summed E-state index contributed by atoms with van der Waals surface area (Å²) in [6, 6.07) is -3.69. The second-order valence-corrected chi connectivity index (χ2v) is 16.2. The molecule has 5 atom stereocenters. The lowest BCUT2D eigenvalue weighted by Gasteiger charge is -2.39. The minimum Gasteiger partial charge on any atom is -0.346 e. The minimum atomic E-state index is -0.987. The molecule has 2 saturated carbocycles. The van der Waals surface area contributed by atoms with E-state index in [9.17, 15) is 28.8 Å². The highest BCUT2D eigenvalue weighted by molar-refractivity contribution is 6.38. The zero-order valence-electron chi connectivity index (χ0n) is 30.9. The number of carbonyl (C=O) groups is 6. The number of hydrogen-bond donors (Lipinski definition) is 5. The lowest BCUT2D eigenvalue weighted by atomic mass is 9.82. The third-order valence-corrected chi connectivity index (χ3v) is 11.0. The Morgan fingerprint density at radius 1 is 0.940 bits per heavy atom. The van der Waals surface area contributed by atoms with E-state index in [-0.39, 0.29) is 53.6 Å². The van der Waals surface area contributed by atoms with Crippen molar-refractivity contribution in [3.05, 3.63) is 12.7 Å². The summed E-state index contributed by atoms with van der Waals surface area (Å²) in [6.45, 7) is 15.7. The predicted octanol–water partition coefficient (Wildman–Crippen LogP) is 3.09. The number of Topliss-reactive ketones (excluding diaryl/α,β-unsaturated/α-hetero) is 1. The molecule has 0 bridgehead atoms. The molecular formula is C37H61N7O6. The highest BCUT2D eigenvalue weighted by atomic mass is 16.2. The number of ketones is 1. The first-order chi connectivity index (χ1) is 23.7. The molecule has 4 fully saturated rings. The Bertz CT molecular complexity index is 1260. The minimum absolute atomic E-state index is 0.0703. The Morgan fingerprint density at radius 2 is 1.64 bits per heavy atom. The second kappa shape index (κ2) is 17.5. The van der Waals surface area contributed by atoms with Crippen LogP contribution < -0.4 is 26.6 Å². The highest BCUT2D eigenvalue weighted by Gasteiger charge is 2.47. The van der Waals surface area contributed by atoms with E-state index >= 15 is 0 Å². The van der Waals surface area contributed by atoms with Crippen molar-refractivity contribution < 1.29 is 28.8 Å². The van der Waals surface area contributed by atoms with Crippen LogP contribution in [0.5, 0.6) is 0 Å². The van der Waals surface area contributed by atoms with Crippen LogP contribution in [0, 0.1) is 29.1 Å². The molecule has 0 aromatic carbocycles. The molecule has 0 radical (unpaired) electrons. The molecule has 280 valence electrons. The fraction of sp³-hybridized carbons (Fsp3) is 0.784. The van der Waals surface area contributed by atoms with Crippen molar-refractivity contribution in [2.75, 3.05) is 32.7 Å². The Hall–Kier alpha value is -3.64. The Morgan fingerprint density at radius 3 is 2.24 bits per heavy atom. The maximum atomic E-state index is 14.6. The van der Waals surface area contributed by atoms with Crippen LogP contribution in [0.15, 0.2) is 12.7 Å². The van der Waals surface area contributed by atoms with Crippen molar-refractivity contribution in [2.24, 2.45) is 29.1 Å². The van der Waals surface area contributed by atoms with Crippen molar-refractivity contribution in [3.8, 4) is 0 Å². The largest absolute Gasteiger partial charge is 0.346 e. The molecule has 4 rings (SSSR count). The van der Waals surface area contributed by atoms with Gasteiger partial charge < -0.3 is 36.4 Å². The monoisotopic (exact) mass is 699 g/mol. The van der Waals surface area contributed by atoms with Crippen molar-refractivity contribution >= 4 is 35.6 Å². The molecule has 0 aromatic heterocycles. The van der Waals surface area contributed by atoms with E-state index in [1.54, 1.807) is 9.80 Å². The Balaban J connectivity index is 1.54. The summed E-state index contributed by atoms with van der Waals surface area (Å²) in [6.07, 6.45) is 9.70. The molecule has 4 aliphatic rings. The average molecular weight is 700 g/mol. The third kappa shape index (κ3) is 10.4. The van der Waals surface area contributed by atoms with Crippen LogP contribution in [0.3, 0.4) is 0 Å². The van der Waals surface area contributed by atoms with E-state index in [0.717, 1.165) is 51.4 Å². The molecule has 2 aliphatic carbocycles. The number of carbonyl (C=O) groups excluding carboxylic acids is 6. The number of rotatable bonds is 15. The summed E-state index contributed by atoms with van der Waals surface area (Å²) >= 11 is 0. The fourth-order valence-electron chi connectivity index (χ4n) is 7.66. The summed E-state index contributed by atoms with van der Waals surface area (Å²) < 4.78 is 0. The van der Waals surface area contributed by atoms with Crippen LogP contribution in [0.1, 0.15) is 98.8 Å². The zero-order chi connectivity index (χ0) is 36.6. The number of urea groups is 2. The summed E-state index contributed by atoms with van der Waals surface area (Å²) in [5, 5.41) is 14.4. The molecule has 2 heterocycles. The maximum absolute atomic E-state index is 14.6. The van der Waals surface area contributed by atoms with Gasteiger partial charge in [0.2, 0.25) is 17.6 Å². The molecule has 50 heavy (non-hydrogen) atoms. The van der Waals surface area contributed by atoms with Gasteiger partial charge in [0.25, 0.3) is 5.91 Å². The molecule has 13 nitrogen and oxygen atoms in total. The van der Waals surface area contributed by atoms with Crippen LogP contribution >= 0.6 is 0 Å². The zero-order valence-corrected chi connectivity index (χ0v) is 30.9. The number of nitrogens with zero attached hydrogens (tertiary/aromatic N) is 2. The lowest BCUT2D eigenvalue weighted by Crippen LogP contribution is -2.62. The number of hydrogen-bond acceptors (Lipinski definition) is 6. The molecule has 7 amide bonds. The smallest absolute Gasteiger partial charge is 0.317 e. The van der Waals surface area contributed by atoms with Crippen molar-refractivity contribution in [1.82, 2.24) is 36.4 Å². The van der Waals surface area contributed by atoms with E-state index in [1.165, 1.54) is 6.08 Å². The second-order valence-electron chi connectivity index (χ2n) is 16.2. The van der Waals surface area contributed by atoms with E-state index in [1.807, 2.05) is 34.6 Å². The average Bonchev–Trinajstić information content (AvgIpc) is 3.78. The lowest BCUT2D eigenvalue weighted by molar-refractivity contribution is -0.144. The van der Waals surface area contributed by atoms with Crippen LogP contribution in [-0.2, 0) is 19.2 Å². The molecule has 13 heteroatoms. The van der Waals surface area contributed by atoms with E-state index in [2.05, 4.69) is 33.2 Å². The first kappa shape index (κ1) is 39.2. The molecule has 2 aliphatic heterocycles. The first-order valence-corrected chi connectivity index (χ1v) is 18.8. The van der Waals surface area contributed by atoms with Gasteiger partial charge in [-0.3, -0.25) is 19.2 Å². The summed E-state index contributed by atoms with van der Waals surface area (Å²) in [7, 11) is 0. The Labute approximate surface area is 297 Å². The van der Waals surface area contributed by atoms with Crippen LogP contribution in [-0.4, -0.2) is 102 Å². The van der Waals surface area contributed by atoms with E-state index in [4.69, 9.17) is 0 Å². The normalized spacial score (nSPS) is 23.4. The summed E-state index contributed by atoms with van der Waals surface area (Å²) in [5.74, 6) is -2.12. The van der Waals surface area contributed by atoms with Gasteiger partial charge in [-0.05, 0) is 61.2 Å². The highest BCUT2D eigenvalue weighted by Crippen LogP contribution is 2.36. The van der Waals surface area contributed by atoms with Crippen LogP contribution in [0.25, 0.3) is 0 Å². The number of nitrogens with one attached hydrogen (secondary N) is 5. The molecule has 2 saturated heterocycles. The SMILES string of the molecule is C=CCNC(=O)C(=O)C(CC1CC1)NC(=O)[C@@H]1C(C(C)C)CCN1C(=O)[C@@H](NC(=O)N[C@H](CN1CCCNC1=O)C(C)(C)C)C1CCCCC1. The van der Waals surface area contributed by atoms with Gasteiger partial charge in [-0.2, -0.15) is 0 Å². The molecular weight excluding hydrogens is 638 g/mol. The molecule has 0 aromatic rings. The summed E-state index contributed by atoms with van der Waals surface area (Å²) in [5.41, 5.74) is -0.376. The molecule has 0 spiro atoms. The van der Waals surface area contributed by atoms with Gasteiger partial charge >= 0.3 is 12.1 Å². The third-order valence-electron chi connectivity index (χ3n) is 11.0. The predicted molar refractivity (Wildman–Crippen MR) is 191 cm³/mol. The number of likely N-dealkylation sites (tertiary alicyclic amines) is 1. The van der Waals surface area contributed by atoms with Crippen molar-refractivity contribution in [3.63, 3.8) is 0 Å². The van der Waals surface area contributed by atoms with Gasteiger partial charge in [-0.15, -0.1) is 6.58 Å². The quantitative estimate of drug-likeness (QED) is 0.130. The van der Waals surface area contributed by atoms with E-state index in [0.29, 0.717) is 39.0 Å². The number of amides is 7. The van der Waals surface area contributed by atoms with Gasteiger partial charge in [0.1, 0.15) is 12.1 Å². The standard InChI is InChI=1S/C37H61N7O6/c1-7-17-38-33(47)31(45)27(21-24-14-15-24)40-32(46)30-26(23(2)3)16-20-44(30)34(48)29(25-12-9-8-10-13-25)42-35(49)41-28(37(4,5)6)22-43-19-11-18-39-36(43)50/h7,23-30H,1,8-22H2,2-6H3,(H,38,47)(H,39,50)(H,40,46)(H2,41,42,49)/t26?,27?,28-,29+,30+/m1/s1.